The zero-order valence-corrected chi connectivity index (χ0v) is 26.8. The van der Waals surface area contributed by atoms with Crippen molar-refractivity contribution in [1.29, 1.82) is 0 Å². The van der Waals surface area contributed by atoms with Crippen LogP contribution in [0.4, 0.5) is 39.8 Å². The van der Waals surface area contributed by atoms with Crippen LogP contribution < -0.4 is 31.1 Å². The fourth-order valence-electron chi connectivity index (χ4n) is 11.6. The van der Waals surface area contributed by atoms with Gasteiger partial charge in [0, 0.05) is 64.5 Å². The van der Waals surface area contributed by atoms with Gasteiger partial charge in [0.2, 0.25) is 0 Å². The monoisotopic (exact) mass is 607 g/mol. The summed E-state index contributed by atoms with van der Waals surface area (Å²) < 4.78 is 0. The average molecular weight is 608 g/mol. The molecule has 4 unspecified atom stereocenters. The minimum atomic E-state index is 0.285. The molecule has 5 heterocycles. The van der Waals surface area contributed by atoms with E-state index in [-0.39, 0.29) is 6.71 Å². The Hall–Kier alpha value is -4.44. The smallest absolute Gasteiger partial charge is 0.252 e. The first kappa shape index (κ1) is 25.6. The van der Waals surface area contributed by atoms with Crippen molar-refractivity contribution in [2.45, 2.75) is 81.7 Å². The lowest BCUT2D eigenvalue weighted by atomic mass is 9.33. The number of hydrogen-bond acceptors (Lipinski definition) is 3. The number of hydrogen-bond donors (Lipinski definition) is 0. The number of fused-ring (bicyclic) bond motifs is 12. The number of benzene rings is 5. The molecule has 0 bridgehead atoms. The van der Waals surface area contributed by atoms with Gasteiger partial charge in [-0.1, -0.05) is 98.5 Å². The molecule has 7 aliphatic rings. The summed E-state index contributed by atoms with van der Waals surface area (Å²) in [6.07, 6.45) is 11.6. The highest BCUT2D eigenvalue weighted by molar-refractivity contribution is 7.00. The van der Waals surface area contributed by atoms with Gasteiger partial charge in [-0.15, -0.1) is 0 Å². The van der Waals surface area contributed by atoms with Crippen molar-refractivity contribution in [3.63, 3.8) is 0 Å². The van der Waals surface area contributed by atoms with Crippen LogP contribution in [0, 0.1) is 0 Å². The molecule has 0 aromatic heterocycles. The van der Waals surface area contributed by atoms with Gasteiger partial charge in [0.25, 0.3) is 6.71 Å². The van der Waals surface area contributed by atoms with E-state index in [1.165, 1.54) is 90.9 Å². The molecule has 2 saturated carbocycles. The molecule has 5 aromatic carbocycles. The van der Waals surface area contributed by atoms with E-state index in [9.17, 15) is 0 Å². The lowest BCUT2D eigenvalue weighted by Gasteiger charge is -2.46. The second-order valence-electron chi connectivity index (χ2n) is 15.3. The second-order valence-corrected chi connectivity index (χ2v) is 15.3. The molecule has 2 aliphatic carbocycles. The lowest BCUT2D eigenvalue weighted by Crippen LogP contribution is -2.63. The minimum absolute atomic E-state index is 0.285. The summed E-state index contributed by atoms with van der Waals surface area (Å²) in [5, 5.41) is 0. The van der Waals surface area contributed by atoms with E-state index in [4.69, 9.17) is 0 Å². The summed E-state index contributed by atoms with van der Waals surface area (Å²) in [7, 11) is 0. The molecule has 5 aliphatic heterocycles. The quantitative estimate of drug-likeness (QED) is 0.174. The van der Waals surface area contributed by atoms with Gasteiger partial charge in [0.1, 0.15) is 0 Å². The first-order valence-electron chi connectivity index (χ1n) is 18.3. The van der Waals surface area contributed by atoms with Gasteiger partial charge in [-0.3, -0.25) is 0 Å². The van der Waals surface area contributed by atoms with Crippen molar-refractivity contribution in [1.82, 2.24) is 0 Å². The predicted molar refractivity (Wildman–Crippen MR) is 196 cm³/mol. The maximum atomic E-state index is 2.87. The highest BCUT2D eigenvalue weighted by atomic mass is 15.3. The number of anilines is 7. The Morgan fingerprint density at radius 1 is 0.511 bits per heavy atom. The second kappa shape index (κ2) is 9.13. The fourth-order valence-corrected chi connectivity index (χ4v) is 11.6. The minimum Gasteiger partial charge on any atom is -0.338 e. The van der Waals surface area contributed by atoms with E-state index in [1.54, 1.807) is 38.9 Å². The van der Waals surface area contributed by atoms with E-state index >= 15 is 0 Å². The highest BCUT2D eigenvalue weighted by Crippen LogP contribution is 2.57. The van der Waals surface area contributed by atoms with Crippen LogP contribution in [0.25, 0.3) is 0 Å². The molecule has 12 rings (SSSR count). The van der Waals surface area contributed by atoms with Crippen molar-refractivity contribution in [3.8, 4) is 0 Å². The largest absolute Gasteiger partial charge is 0.338 e. The molecule has 4 heteroatoms. The van der Waals surface area contributed by atoms with Crippen LogP contribution in [0.2, 0.25) is 0 Å². The zero-order valence-electron chi connectivity index (χ0n) is 26.8. The van der Waals surface area contributed by atoms with E-state index in [0.29, 0.717) is 23.9 Å². The van der Waals surface area contributed by atoms with Gasteiger partial charge in [-0.2, -0.15) is 0 Å². The van der Waals surface area contributed by atoms with Crippen LogP contribution in [-0.4, -0.2) is 18.8 Å². The first-order valence-corrected chi connectivity index (χ1v) is 18.3. The summed E-state index contributed by atoms with van der Waals surface area (Å²) in [4.78, 5) is 8.35. The molecule has 0 spiro atoms. The summed E-state index contributed by atoms with van der Waals surface area (Å²) in [6.45, 7) is 0.285. The molecule has 0 amide bonds. The number of nitrogens with zero attached hydrogens (tertiary/aromatic N) is 3. The summed E-state index contributed by atoms with van der Waals surface area (Å²) >= 11 is 0. The standard InChI is InChI=1S/C43H38BN3/c1-5-19-35-26(11-1)23-27-12-2-6-20-36(27)45(35)28-24-39-41-40(25-28)47-38-22-8-4-14-30(38)32-16-10-18-34(43(32)47)44(41)33-17-9-15-31-29-13-3-7-21-37(29)46(39)42(31)33/h1-2,5-6,9-12,15-20,24-25,29-30,37-38H,3-4,7-8,13-14,21-23H2. The van der Waals surface area contributed by atoms with Crippen molar-refractivity contribution >= 4 is 62.9 Å². The van der Waals surface area contributed by atoms with Crippen LogP contribution in [0.15, 0.2) is 97.1 Å². The molecule has 2 fully saturated rings. The third kappa shape index (κ3) is 3.16. The van der Waals surface area contributed by atoms with Gasteiger partial charge in [0.15, 0.2) is 0 Å². The van der Waals surface area contributed by atoms with Gasteiger partial charge in [0.05, 0.1) is 5.69 Å². The Bertz CT molecular complexity index is 2020. The number of rotatable bonds is 1. The van der Waals surface area contributed by atoms with Crippen LogP contribution in [0.5, 0.6) is 0 Å². The maximum absolute atomic E-state index is 2.87. The SMILES string of the molecule is c1ccc2c(c1)Cc1ccccc1N2c1cc2c3c(c1)N1c4c(cccc4C4CCCCC41)B3c1cccc3c1N2C1CCCCC31. The van der Waals surface area contributed by atoms with Crippen LogP contribution >= 0.6 is 0 Å². The van der Waals surface area contributed by atoms with Crippen LogP contribution in [-0.2, 0) is 6.42 Å². The topological polar surface area (TPSA) is 9.72 Å². The highest BCUT2D eigenvalue weighted by Gasteiger charge is 2.53. The third-order valence-corrected chi connectivity index (χ3v) is 13.3. The van der Waals surface area contributed by atoms with Gasteiger partial charge in [-0.05, 0) is 88.6 Å². The molecule has 0 saturated heterocycles. The molecule has 4 atom stereocenters. The Morgan fingerprint density at radius 3 is 1.57 bits per heavy atom. The molecular weight excluding hydrogens is 569 g/mol. The van der Waals surface area contributed by atoms with E-state index < -0.39 is 0 Å². The molecular formula is C43H38BN3. The summed E-state index contributed by atoms with van der Waals surface area (Å²) in [6, 6.07) is 39.3. The molecule has 5 aromatic rings. The molecule has 3 nitrogen and oxygen atoms in total. The predicted octanol–water partition coefficient (Wildman–Crippen LogP) is 8.56. The van der Waals surface area contributed by atoms with Gasteiger partial charge < -0.3 is 14.7 Å². The van der Waals surface area contributed by atoms with Gasteiger partial charge in [-0.25, -0.2) is 0 Å². The Balaban J connectivity index is 1.19. The molecule has 228 valence electrons. The molecule has 0 radical (unpaired) electrons. The van der Waals surface area contributed by atoms with E-state index in [2.05, 4.69) is 112 Å². The van der Waals surface area contributed by atoms with Crippen molar-refractivity contribution in [2.24, 2.45) is 0 Å². The van der Waals surface area contributed by atoms with E-state index in [1.807, 2.05) is 0 Å². The zero-order chi connectivity index (χ0) is 30.4. The Morgan fingerprint density at radius 2 is 1.02 bits per heavy atom. The Labute approximate surface area is 277 Å². The Kier molecular flexibility index (Phi) is 4.98. The number of para-hydroxylation sites is 4. The third-order valence-electron chi connectivity index (χ3n) is 13.3. The van der Waals surface area contributed by atoms with Crippen molar-refractivity contribution in [2.75, 3.05) is 14.7 Å². The van der Waals surface area contributed by atoms with Crippen molar-refractivity contribution < 1.29 is 0 Å². The summed E-state index contributed by atoms with van der Waals surface area (Å²) in [5.41, 5.74) is 20.8. The van der Waals surface area contributed by atoms with Gasteiger partial charge >= 0.3 is 0 Å². The summed E-state index contributed by atoms with van der Waals surface area (Å²) in [5.74, 6) is 1.26. The average Bonchev–Trinajstić information content (AvgIpc) is 3.65. The van der Waals surface area contributed by atoms with Crippen LogP contribution in [0.3, 0.4) is 0 Å². The van der Waals surface area contributed by atoms with Crippen LogP contribution in [0.1, 0.15) is 85.5 Å². The first-order chi connectivity index (χ1) is 23.3. The maximum Gasteiger partial charge on any atom is 0.252 e. The fraction of sp³-hybridized carbons (Fsp3) is 0.302. The normalized spacial score (nSPS) is 24.9. The van der Waals surface area contributed by atoms with E-state index in [0.717, 1.165) is 6.42 Å². The molecule has 0 N–H and O–H groups in total. The van der Waals surface area contributed by atoms with Crippen molar-refractivity contribution in [3.05, 3.63) is 119 Å². The lowest BCUT2D eigenvalue weighted by molar-refractivity contribution is 0.401. The molecule has 47 heavy (non-hydrogen) atoms.